The van der Waals surface area contributed by atoms with E-state index < -0.39 is 8.32 Å². The van der Waals surface area contributed by atoms with Gasteiger partial charge in [0.25, 0.3) is 0 Å². The quantitative estimate of drug-likeness (QED) is 0.687. The topological polar surface area (TPSA) is 27.7 Å². The summed E-state index contributed by atoms with van der Waals surface area (Å²) in [7, 11) is -1.65. The van der Waals surface area contributed by atoms with Crippen LogP contribution in [0.1, 0.15) is 61.3 Å². The van der Waals surface area contributed by atoms with E-state index in [0.29, 0.717) is 17.0 Å². The predicted octanol–water partition coefficient (Wildman–Crippen LogP) is 4.88. The van der Waals surface area contributed by atoms with E-state index in [9.17, 15) is 0 Å². The number of hydrogen-bond acceptors (Lipinski definition) is 3. The molecule has 0 bridgehead atoms. The van der Waals surface area contributed by atoms with Crippen LogP contribution in [0.15, 0.2) is 0 Å². The van der Waals surface area contributed by atoms with Gasteiger partial charge in [0.2, 0.25) is 0 Å². The molecule has 0 aromatic rings. The zero-order chi connectivity index (χ0) is 17.4. The van der Waals surface area contributed by atoms with Crippen LogP contribution in [0, 0.1) is 11.8 Å². The molecule has 0 amide bonds. The smallest absolute Gasteiger partial charge is 0.414 e. The van der Waals surface area contributed by atoms with E-state index in [1.165, 1.54) is 12.8 Å². The summed E-state index contributed by atoms with van der Waals surface area (Å²) in [5.74, 6) is 2.09. The average molecular weight is 338 g/mol. The fourth-order valence-electron chi connectivity index (χ4n) is 3.98. The van der Waals surface area contributed by atoms with Crippen LogP contribution in [0.5, 0.6) is 0 Å². The van der Waals surface area contributed by atoms with Crippen LogP contribution in [-0.4, -0.2) is 32.7 Å². The first-order chi connectivity index (χ1) is 10.3. The minimum Gasteiger partial charge on any atom is -0.414 e. The van der Waals surface area contributed by atoms with Gasteiger partial charge in [0, 0.05) is 11.9 Å². The highest BCUT2D eigenvalue weighted by Gasteiger charge is 2.67. The maximum Gasteiger partial charge on any atom is 0.461 e. The Bertz CT molecular complexity index is 455. The molecule has 3 aliphatic rings. The Morgan fingerprint density at radius 3 is 1.78 bits per heavy atom. The Hall–Kier alpha value is 0.162. The molecule has 3 rings (SSSR count). The Balaban J connectivity index is 1.55. The van der Waals surface area contributed by atoms with Crippen molar-refractivity contribution in [1.29, 1.82) is 0 Å². The summed E-state index contributed by atoms with van der Waals surface area (Å²) >= 11 is 0. The zero-order valence-corrected chi connectivity index (χ0v) is 17.5. The van der Waals surface area contributed by atoms with E-state index in [2.05, 4.69) is 61.6 Å². The van der Waals surface area contributed by atoms with Crippen molar-refractivity contribution in [2.75, 3.05) is 0 Å². The van der Waals surface area contributed by atoms with E-state index in [-0.39, 0.29) is 18.3 Å². The number of hydrogen-bond donors (Lipinski definition) is 0. The molecule has 23 heavy (non-hydrogen) atoms. The molecular weight excluding hydrogens is 303 g/mol. The zero-order valence-electron chi connectivity index (χ0n) is 16.5. The molecule has 2 unspecified atom stereocenters. The Morgan fingerprint density at radius 1 is 0.957 bits per heavy atom. The number of fused-ring (bicyclic) bond motifs is 1. The maximum absolute atomic E-state index is 6.61. The monoisotopic (exact) mass is 338 g/mol. The van der Waals surface area contributed by atoms with Crippen LogP contribution in [0.4, 0.5) is 0 Å². The molecule has 1 heterocycles. The lowest BCUT2D eigenvalue weighted by molar-refractivity contribution is 0.00578. The standard InChI is InChI=1S/C18H35BO3Si/c1-16(2,3)23(8,9)20-12-10-13-14(11-12)15(13)19-21-17(4,5)18(6,7)22-19/h12-15H,10-11H2,1-9H3. The van der Waals surface area contributed by atoms with Crippen molar-refractivity contribution in [3.63, 3.8) is 0 Å². The van der Waals surface area contributed by atoms with Crippen molar-refractivity contribution in [3.05, 3.63) is 0 Å². The van der Waals surface area contributed by atoms with Gasteiger partial charge in [0.1, 0.15) is 0 Å². The molecule has 3 fully saturated rings. The van der Waals surface area contributed by atoms with Crippen molar-refractivity contribution in [2.45, 2.75) is 103 Å². The molecule has 2 aliphatic carbocycles. The second kappa shape index (κ2) is 5.09. The van der Waals surface area contributed by atoms with Crippen LogP contribution in [0.2, 0.25) is 23.9 Å². The third-order valence-electron chi connectivity index (χ3n) is 7.32. The summed E-state index contributed by atoms with van der Waals surface area (Å²) < 4.78 is 19.1. The molecular formula is C18H35BO3Si. The average Bonchev–Trinajstić information content (AvgIpc) is 2.72. The summed E-state index contributed by atoms with van der Waals surface area (Å²) in [6.07, 6.45) is 2.86. The lowest BCUT2D eigenvalue weighted by atomic mass is 9.77. The summed E-state index contributed by atoms with van der Waals surface area (Å²) in [6.45, 7) is 20.3. The Kier molecular flexibility index (Phi) is 3.98. The van der Waals surface area contributed by atoms with Gasteiger partial charge in [0.15, 0.2) is 8.32 Å². The van der Waals surface area contributed by atoms with E-state index in [4.69, 9.17) is 13.7 Å². The van der Waals surface area contributed by atoms with Crippen molar-refractivity contribution < 1.29 is 13.7 Å². The summed E-state index contributed by atoms with van der Waals surface area (Å²) in [4.78, 5) is 0. The van der Waals surface area contributed by atoms with Crippen LogP contribution in [-0.2, 0) is 13.7 Å². The SMILES string of the molecule is CC1(C)OB(C2C3CC(O[Si](C)(C)C(C)(C)C)CC32)OC1(C)C. The van der Waals surface area contributed by atoms with Crippen LogP contribution >= 0.6 is 0 Å². The van der Waals surface area contributed by atoms with E-state index >= 15 is 0 Å². The maximum atomic E-state index is 6.61. The molecule has 132 valence electrons. The van der Waals surface area contributed by atoms with Crippen LogP contribution < -0.4 is 0 Å². The first-order valence-corrected chi connectivity index (χ1v) is 12.2. The molecule has 0 N–H and O–H groups in total. The van der Waals surface area contributed by atoms with Crippen molar-refractivity contribution in [2.24, 2.45) is 11.8 Å². The lowest BCUT2D eigenvalue weighted by Crippen LogP contribution is -2.43. The van der Waals surface area contributed by atoms with Gasteiger partial charge >= 0.3 is 7.12 Å². The normalized spacial score (nSPS) is 38.7. The van der Waals surface area contributed by atoms with Crippen molar-refractivity contribution in [1.82, 2.24) is 0 Å². The van der Waals surface area contributed by atoms with Gasteiger partial charge in [-0.15, -0.1) is 0 Å². The summed E-state index contributed by atoms with van der Waals surface area (Å²) in [5, 5.41) is 0.297. The highest BCUT2D eigenvalue weighted by Crippen LogP contribution is 2.66. The highest BCUT2D eigenvalue weighted by atomic mass is 28.4. The molecule has 0 aromatic carbocycles. The molecule has 2 saturated carbocycles. The van der Waals surface area contributed by atoms with E-state index in [0.717, 1.165) is 11.8 Å². The number of rotatable bonds is 3. The highest BCUT2D eigenvalue weighted by molar-refractivity contribution is 6.74. The fraction of sp³-hybridized carbons (Fsp3) is 1.00. The molecule has 0 spiro atoms. The molecule has 1 saturated heterocycles. The van der Waals surface area contributed by atoms with Gasteiger partial charge in [0.05, 0.1) is 11.2 Å². The first kappa shape index (κ1) is 18.0. The fourth-order valence-corrected chi connectivity index (χ4v) is 5.36. The first-order valence-electron chi connectivity index (χ1n) is 9.29. The van der Waals surface area contributed by atoms with Gasteiger partial charge in [-0.2, -0.15) is 0 Å². The Labute approximate surface area is 144 Å². The van der Waals surface area contributed by atoms with Crippen LogP contribution in [0.3, 0.4) is 0 Å². The van der Waals surface area contributed by atoms with E-state index in [1.54, 1.807) is 0 Å². The third-order valence-corrected chi connectivity index (χ3v) is 11.9. The molecule has 0 radical (unpaired) electrons. The molecule has 2 atom stereocenters. The van der Waals surface area contributed by atoms with Gasteiger partial charge in [-0.3, -0.25) is 0 Å². The van der Waals surface area contributed by atoms with Gasteiger partial charge in [-0.25, -0.2) is 0 Å². The minimum absolute atomic E-state index is 0.0104. The largest absolute Gasteiger partial charge is 0.461 e. The van der Waals surface area contributed by atoms with Gasteiger partial charge in [-0.1, -0.05) is 20.8 Å². The van der Waals surface area contributed by atoms with Crippen molar-refractivity contribution in [3.8, 4) is 0 Å². The van der Waals surface area contributed by atoms with Gasteiger partial charge in [-0.05, 0) is 70.5 Å². The van der Waals surface area contributed by atoms with Crippen LogP contribution in [0.25, 0.3) is 0 Å². The summed E-state index contributed by atoms with van der Waals surface area (Å²) in [5.41, 5.74) is -0.406. The molecule has 1 aliphatic heterocycles. The second-order valence-electron chi connectivity index (χ2n) is 10.5. The lowest BCUT2D eigenvalue weighted by Gasteiger charge is -2.39. The molecule has 0 aromatic heterocycles. The second-order valence-corrected chi connectivity index (χ2v) is 15.3. The van der Waals surface area contributed by atoms with Crippen molar-refractivity contribution >= 4 is 15.4 Å². The summed E-state index contributed by atoms with van der Waals surface area (Å²) in [6, 6.07) is 0. The predicted molar refractivity (Wildman–Crippen MR) is 98.1 cm³/mol. The third kappa shape index (κ3) is 2.96. The van der Waals surface area contributed by atoms with Gasteiger partial charge < -0.3 is 13.7 Å². The minimum atomic E-state index is -1.64. The Morgan fingerprint density at radius 2 is 1.39 bits per heavy atom. The molecule has 5 heteroatoms. The van der Waals surface area contributed by atoms with E-state index in [1.807, 2.05) is 0 Å². The molecule has 3 nitrogen and oxygen atoms in total.